The largest absolute Gasteiger partial charge is 0.573 e. The Morgan fingerprint density at radius 1 is 0.839 bits per heavy atom. The van der Waals surface area contributed by atoms with E-state index >= 15 is 0 Å². The predicted molar refractivity (Wildman–Crippen MR) is 110 cm³/mol. The highest BCUT2D eigenvalue weighted by Gasteiger charge is 2.31. The molecule has 0 unspecified atom stereocenters. The van der Waals surface area contributed by atoms with Crippen LogP contribution >= 0.6 is 0 Å². The number of hydrogen-bond acceptors (Lipinski definition) is 1. The highest BCUT2D eigenvalue weighted by atomic mass is 19.4. The first kappa shape index (κ1) is 21.1. The maximum absolute atomic E-state index is 14.8. The van der Waals surface area contributed by atoms with Gasteiger partial charge in [0.15, 0.2) is 0 Å². The minimum atomic E-state index is -4.78. The SMILES string of the molecule is CCc1ccc(C2=Cc3cc(F)c(-c4ccc(OC(F)(F)F)cc4)cc3CC2)c(F)c1. The molecule has 4 rings (SSSR count). The normalized spacial score (nSPS) is 13.5. The first-order valence-electron chi connectivity index (χ1n) is 9.91. The molecule has 0 atom stereocenters. The second kappa shape index (κ2) is 8.17. The molecular formula is C25H19F5O. The van der Waals surface area contributed by atoms with Crippen LogP contribution in [0.2, 0.25) is 0 Å². The van der Waals surface area contributed by atoms with Gasteiger partial charge in [-0.05, 0) is 77.4 Å². The van der Waals surface area contributed by atoms with Gasteiger partial charge < -0.3 is 4.74 Å². The summed E-state index contributed by atoms with van der Waals surface area (Å²) < 4.78 is 70.2. The zero-order chi connectivity index (χ0) is 22.2. The van der Waals surface area contributed by atoms with Gasteiger partial charge in [-0.15, -0.1) is 13.2 Å². The molecule has 0 radical (unpaired) electrons. The number of fused-ring (bicyclic) bond motifs is 1. The number of hydrogen-bond donors (Lipinski definition) is 0. The second-order valence-electron chi connectivity index (χ2n) is 7.44. The molecule has 6 heteroatoms. The topological polar surface area (TPSA) is 9.23 Å². The molecule has 0 N–H and O–H groups in total. The minimum absolute atomic E-state index is 0.285. The van der Waals surface area contributed by atoms with E-state index in [-0.39, 0.29) is 11.6 Å². The Kier molecular flexibility index (Phi) is 5.56. The van der Waals surface area contributed by atoms with Crippen molar-refractivity contribution in [3.05, 3.63) is 88.5 Å². The van der Waals surface area contributed by atoms with Crippen LogP contribution in [0.3, 0.4) is 0 Å². The molecule has 3 aromatic carbocycles. The van der Waals surface area contributed by atoms with Crippen molar-refractivity contribution in [2.24, 2.45) is 0 Å². The van der Waals surface area contributed by atoms with Gasteiger partial charge in [0.1, 0.15) is 17.4 Å². The van der Waals surface area contributed by atoms with E-state index in [9.17, 15) is 22.0 Å². The van der Waals surface area contributed by atoms with E-state index in [1.54, 1.807) is 18.2 Å². The molecule has 3 aromatic rings. The summed E-state index contributed by atoms with van der Waals surface area (Å²) in [5.41, 5.74) is 4.58. The molecular weight excluding hydrogens is 411 g/mol. The van der Waals surface area contributed by atoms with Crippen LogP contribution in [-0.4, -0.2) is 6.36 Å². The average molecular weight is 430 g/mol. The van der Waals surface area contributed by atoms with E-state index in [0.717, 1.165) is 35.3 Å². The zero-order valence-electron chi connectivity index (χ0n) is 16.7. The Hall–Kier alpha value is -3.15. The summed E-state index contributed by atoms with van der Waals surface area (Å²) in [6.45, 7) is 1.96. The smallest absolute Gasteiger partial charge is 0.406 e. The van der Waals surface area contributed by atoms with E-state index in [2.05, 4.69) is 4.74 Å². The summed E-state index contributed by atoms with van der Waals surface area (Å²) >= 11 is 0. The molecule has 0 bridgehead atoms. The molecule has 0 spiro atoms. The Balaban J connectivity index is 1.64. The van der Waals surface area contributed by atoms with Crippen molar-refractivity contribution < 1.29 is 26.7 Å². The number of halogens is 5. The van der Waals surface area contributed by atoms with Crippen molar-refractivity contribution in [3.8, 4) is 16.9 Å². The van der Waals surface area contributed by atoms with Crippen LogP contribution in [0.1, 0.15) is 35.6 Å². The van der Waals surface area contributed by atoms with Crippen molar-refractivity contribution >= 4 is 11.6 Å². The first-order chi connectivity index (χ1) is 14.7. The van der Waals surface area contributed by atoms with Crippen LogP contribution in [0, 0.1) is 11.6 Å². The van der Waals surface area contributed by atoms with Gasteiger partial charge in [-0.2, -0.15) is 0 Å². The van der Waals surface area contributed by atoms with Gasteiger partial charge in [0.25, 0.3) is 0 Å². The van der Waals surface area contributed by atoms with Crippen LogP contribution in [0.15, 0.2) is 54.6 Å². The van der Waals surface area contributed by atoms with Crippen molar-refractivity contribution in [1.29, 1.82) is 0 Å². The standard InChI is InChI=1S/C25H19F5O/c1-2-15-3-10-21(23(26)11-15)18-5-4-17-13-22(24(27)14-19(17)12-18)16-6-8-20(9-7-16)31-25(28,29)30/h3,6-14H,2,4-5H2,1H3. The minimum Gasteiger partial charge on any atom is -0.406 e. The van der Waals surface area contributed by atoms with Crippen LogP contribution in [-0.2, 0) is 12.8 Å². The number of alkyl halides is 3. The van der Waals surface area contributed by atoms with Crippen LogP contribution < -0.4 is 4.74 Å². The molecule has 0 aliphatic heterocycles. The third-order valence-corrected chi connectivity index (χ3v) is 5.41. The molecule has 1 aliphatic carbocycles. The quantitative estimate of drug-likeness (QED) is 0.388. The Morgan fingerprint density at radius 3 is 2.19 bits per heavy atom. The molecule has 0 saturated carbocycles. The van der Waals surface area contributed by atoms with Crippen LogP contribution in [0.4, 0.5) is 22.0 Å². The van der Waals surface area contributed by atoms with Gasteiger partial charge in [-0.3, -0.25) is 0 Å². The number of benzene rings is 3. The summed E-state index contributed by atoms with van der Waals surface area (Å²) in [5.74, 6) is -1.15. The van der Waals surface area contributed by atoms with E-state index in [1.807, 2.05) is 13.0 Å². The third-order valence-electron chi connectivity index (χ3n) is 5.41. The van der Waals surface area contributed by atoms with Crippen molar-refractivity contribution in [3.63, 3.8) is 0 Å². The lowest BCUT2D eigenvalue weighted by Gasteiger charge is -2.19. The van der Waals surface area contributed by atoms with Crippen molar-refractivity contribution in [2.45, 2.75) is 32.5 Å². The van der Waals surface area contributed by atoms with Gasteiger partial charge in [0.05, 0.1) is 0 Å². The Labute approximate surface area is 176 Å². The van der Waals surface area contributed by atoms with E-state index in [0.29, 0.717) is 35.1 Å². The van der Waals surface area contributed by atoms with Gasteiger partial charge in [0, 0.05) is 11.1 Å². The molecule has 160 valence electrons. The summed E-state index contributed by atoms with van der Waals surface area (Å²) in [4.78, 5) is 0. The molecule has 1 nitrogen and oxygen atoms in total. The van der Waals surface area contributed by atoms with E-state index in [4.69, 9.17) is 0 Å². The fourth-order valence-corrected chi connectivity index (χ4v) is 3.82. The molecule has 1 aliphatic rings. The zero-order valence-corrected chi connectivity index (χ0v) is 16.7. The maximum Gasteiger partial charge on any atom is 0.573 e. The molecule has 0 heterocycles. The van der Waals surface area contributed by atoms with Crippen LogP contribution in [0.5, 0.6) is 5.75 Å². The molecule has 0 aromatic heterocycles. The maximum atomic E-state index is 14.8. The van der Waals surface area contributed by atoms with Crippen molar-refractivity contribution in [1.82, 2.24) is 0 Å². The second-order valence-corrected chi connectivity index (χ2v) is 7.44. The summed E-state index contributed by atoms with van der Waals surface area (Å²) in [5, 5.41) is 0. The Bertz CT molecular complexity index is 1140. The van der Waals surface area contributed by atoms with E-state index in [1.165, 1.54) is 24.3 Å². The highest BCUT2D eigenvalue weighted by Crippen LogP contribution is 2.36. The van der Waals surface area contributed by atoms with Crippen molar-refractivity contribution in [2.75, 3.05) is 0 Å². The average Bonchev–Trinajstić information content (AvgIpc) is 2.72. The Morgan fingerprint density at radius 2 is 1.55 bits per heavy atom. The van der Waals surface area contributed by atoms with Gasteiger partial charge in [-0.1, -0.05) is 37.3 Å². The lowest BCUT2D eigenvalue weighted by atomic mass is 9.86. The highest BCUT2D eigenvalue weighted by molar-refractivity contribution is 5.85. The third kappa shape index (κ3) is 4.63. The molecule has 0 amide bonds. The van der Waals surface area contributed by atoms with Gasteiger partial charge in [-0.25, -0.2) is 8.78 Å². The fraction of sp³-hybridized carbons (Fsp3) is 0.200. The number of ether oxygens (including phenoxy) is 1. The predicted octanol–water partition coefficient (Wildman–Crippen LogP) is 7.58. The number of allylic oxidation sites excluding steroid dienone is 1. The first-order valence-corrected chi connectivity index (χ1v) is 9.91. The molecule has 31 heavy (non-hydrogen) atoms. The molecule has 0 fully saturated rings. The van der Waals surface area contributed by atoms with Crippen LogP contribution in [0.25, 0.3) is 22.8 Å². The summed E-state index contributed by atoms with van der Waals surface area (Å²) in [6.07, 6.45) is -1.01. The summed E-state index contributed by atoms with van der Waals surface area (Å²) in [7, 11) is 0. The van der Waals surface area contributed by atoms with Gasteiger partial charge in [0.2, 0.25) is 0 Å². The monoisotopic (exact) mass is 430 g/mol. The number of rotatable bonds is 4. The van der Waals surface area contributed by atoms with E-state index < -0.39 is 12.2 Å². The van der Waals surface area contributed by atoms with Gasteiger partial charge >= 0.3 is 6.36 Å². The lowest BCUT2D eigenvalue weighted by Crippen LogP contribution is -2.16. The summed E-state index contributed by atoms with van der Waals surface area (Å²) in [6, 6.07) is 13.4. The lowest BCUT2D eigenvalue weighted by molar-refractivity contribution is -0.274. The number of aryl methyl sites for hydroxylation is 2. The fourth-order valence-electron chi connectivity index (χ4n) is 3.82. The molecule has 0 saturated heterocycles.